The van der Waals surface area contributed by atoms with E-state index in [1.807, 2.05) is 0 Å². The summed E-state index contributed by atoms with van der Waals surface area (Å²) >= 11 is 0. The topological polar surface area (TPSA) is 40.5 Å². The SMILES string of the molecule is CCCN(c1ccc(F)cc1/C=C/C(=O)O)C1CC1. The largest absolute Gasteiger partial charge is 0.478 e. The Bertz CT molecular complexity index is 495. The third-order valence-corrected chi connectivity index (χ3v) is 3.16. The van der Waals surface area contributed by atoms with Gasteiger partial charge in [0.15, 0.2) is 0 Å². The van der Waals surface area contributed by atoms with Crippen LogP contribution in [0.3, 0.4) is 0 Å². The number of carboxylic acids is 1. The summed E-state index contributed by atoms with van der Waals surface area (Å²) in [4.78, 5) is 12.9. The molecule has 0 heterocycles. The molecule has 0 unspecified atom stereocenters. The first kappa shape index (κ1) is 13.6. The average molecular weight is 263 g/mol. The Labute approximate surface area is 112 Å². The molecule has 1 aliphatic carbocycles. The van der Waals surface area contributed by atoms with Gasteiger partial charge in [0.25, 0.3) is 0 Å². The third-order valence-electron chi connectivity index (χ3n) is 3.16. The Hall–Kier alpha value is -1.84. The van der Waals surface area contributed by atoms with Crippen LogP contribution < -0.4 is 4.90 Å². The molecule has 1 aromatic carbocycles. The number of anilines is 1. The Balaban J connectivity index is 2.34. The monoisotopic (exact) mass is 263 g/mol. The Kier molecular flexibility index (Phi) is 4.20. The van der Waals surface area contributed by atoms with Crippen LogP contribution in [0.2, 0.25) is 0 Å². The van der Waals surface area contributed by atoms with Crippen LogP contribution >= 0.6 is 0 Å². The van der Waals surface area contributed by atoms with Gasteiger partial charge in [-0.25, -0.2) is 9.18 Å². The number of aliphatic carboxylic acids is 1. The predicted octanol–water partition coefficient (Wildman–Crippen LogP) is 3.30. The summed E-state index contributed by atoms with van der Waals surface area (Å²) < 4.78 is 13.3. The lowest BCUT2D eigenvalue weighted by Crippen LogP contribution is -2.27. The van der Waals surface area contributed by atoms with Crippen LogP contribution in [-0.2, 0) is 4.79 Å². The smallest absolute Gasteiger partial charge is 0.328 e. The maximum Gasteiger partial charge on any atom is 0.328 e. The molecule has 2 rings (SSSR count). The van der Waals surface area contributed by atoms with Crippen LogP contribution in [0.4, 0.5) is 10.1 Å². The number of hydrogen-bond donors (Lipinski definition) is 1. The number of carboxylic acid groups (broad SMARTS) is 1. The molecule has 19 heavy (non-hydrogen) atoms. The fourth-order valence-corrected chi connectivity index (χ4v) is 2.21. The van der Waals surface area contributed by atoms with Gasteiger partial charge in [-0.05, 0) is 43.5 Å². The molecule has 0 saturated heterocycles. The van der Waals surface area contributed by atoms with Crippen LogP contribution in [0.15, 0.2) is 24.3 Å². The Morgan fingerprint density at radius 3 is 2.84 bits per heavy atom. The highest BCUT2D eigenvalue weighted by molar-refractivity contribution is 5.87. The van der Waals surface area contributed by atoms with E-state index in [1.54, 1.807) is 6.07 Å². The number of benzene rings is 1. The first-order valence-corrected chi connectivity index (χ1v) is 6.59. The van der Waals surface area contributed by atoms with E-state index >= 15 is 0 Å². The highest BCUT2D eigenvalue weighted by Crippen LogP contribution is 2.34. The van der Waals surface area contributed by atoms with E-state index in [-0.39, 0.29) is 5.82 Å². The predicted molar refractivity (Wildman–Crippen MR) is 73.7 cm³/mol. The van der Waals surface area contributed by atoms with Gasteiger partial charge in [0.2, 0.25) is 0 Å². The van der Waals surface area contributed by atoms with Crippen LogP contribution in [0, 0.1) is 5.82 Å². The van der Waals surface area contributed by atoms with Gasteiger partial charge < -0.3 is 10.0 Å². The fraction of sp³-hybridized carbons (Fsp3) is 0.400. The molecule has 1 aliphatic rings. The first-order valence-electron chi connectivity index (χ1n) is 6.59. The molecule has 1 N–H and O–H groups in total. The van der Waals surface area contributed by atoms with E-state index in [9.17, 15) is 9.18 Å². The zero-order valence-corrected chi connectivity index (χ0v) is 11.0. The standard InChI is InChI=1S/C15H18FNO2/c1-2-9-17(13-5-6-13)14-7-4-12(16)10-11(14)3-8-15(18)19/h3-4,7-8,10,13H,2,5-6,9H2,1H3,(H,18,19)/b8-3+. The molecule has 0 aromatic heterocycles. The summed E-state index contributed by atoms with van der Waals surface area (Å²) in [6.45, 7) is 3.01. The highest BCUT2D eigenvalue weighted by Gasteiger charge is 2.29. The lowest BCUT2D eigenvalue weighted by Gasteiger charge is -2.26. The summed E-state index contributed by atoms with van der Waals surface area (Å²) in [5.74, 6) is -1.37. The van der Waals surface area contributed by atoms with E-state index < -0.39 is 5.97 Å². The maximum absolute atomic E-state index is 13.3. The minimum absolute atomic E-state index is 0.346. The van der Waals surface area contributed by atoms with Crippen LogP contribution in [0.25, 0.3) is 6.08 Å². The zero-order chi connectivity index (χ0) is 13.8. The number of carbonyl (C=O) groups is 1. The van der Waals surface area contributed by atoms with Gasteiger partial charge in [0.1, 0.15) is 5.82 Å². The van der Waals surface area contributed by atoms with Crippen molar-refractivity contribution in [3.8, 4) is 0 Å². The van der Waals surface area contributed by atoms with E-state index in [2.05, 4.69) is 11.8 Å². The van der Waals surface area contributed by atoms with Gasteiger partial charge in [-0.2, -0.15) is 0 Å². The molecule has 1 fully saturated rings. The highest BCUT2D eigenvalue weighted by atomic mass is 19.1. The van der Waals surface area contributed by atoms with Gasteiger partial charge in [-0.3, -0.25) is 0 Å². The molecule has 0 radical (unpaired) electrons. The molecule has 102 valence electrons. The molecule has 0 bridgehead atoms. The number of rotatable bonds is 6. The molecule has 4 heteroatoms. The fourth-order valence-electron chi connectivity index (χ4n) is 2.21. The first-order chi connectivity index (χ1) is 9.11. The lowest BCUT2D eigenvalue weighted by atomic mass is 10.1. The van der Waals surface area contributed by atoms with Crippen LogP contribution in [0.1, 0.15) is 31.7 Å². The summed E-state index contributed by atoms with van der Waals surface area (Å²) in [7, 11) is 0. The van der Waals surface area contributed by atoms with Crippen molar-refractivity contribution in [3.05, 3.63) is 35.7 Å². The van der Waals surface area contributed by atoms with Gasteiger partial charge in [0, 0.05) is 29.9 Å². The molecule has 3 nitrogen and oxygen atoms in total. The summed E-state index contributed by atoms with van der Waals surface area (Å²) in [5, 5.41) is 8.70. The second-order valence-corrected chi connectivity index (χ2v) is 4.80. The molecule has 1 saturated carbocycles. The molecule has 0 spiro atoms. The third kappa shape index (κ3) is 3.56. The van der Waals surface area contributed by atoms with Crippen molar-refractivity contribution in [3.63, 3.8) is 0 Å². The minimum atomic E-state index is -1.02. The van der Waals surface area contributed by atoms with Crippen molar-refractivity contribution in [2.45, 2.75) is 32.2 Å². The maximum atomic E-state index is 13.3. The van der Waals surface area contributed by atoms with E-state index in [0.717, 1.165) is 37.6 Å². The van der Waals surface area contributed by atoms with Crippen molar-refractivity contribution in [2.75, 3.05) is 11.4 Å². The number of halogens is 1. The van der Waals surface area contributed by atoms with Gasteiger partial charge in [-0.1, -0.05) is 6.92 Å². The second kappa shape index (κ2) is 5.87. The van der Waals surface area contributed by atoms with E-state index in [1.165, 1.54) is 18.2 Å². The van der Waals surface area contributed by atoms with Gasteiger partial charge in [-0.15, -0.1) is 0 Å². The van der Waals surface area contributed by atoms with Gasteiger partial charge in [0.05, 0.1) is 0 Å². The minimum Gasteiger partial charge on any atom is -0.478 e. The van der Waals surface area contributed by atoms with Crippen molar-refractivity contribution in [1.82, 2.24) is 0 Å². The van der Waals surface area contributed by atoms with Crippen LogP contribution in [0.5, 0.6) is 0 Å². The van der Waals surface area contributed by atoms with Crippen molar-refractivity contribution >= 4 is 17.7 Å². The Morgan fingerprint density at radius 2 is 2.26 bits per heavy atom. The molecule has 0 amide bonds. The van der Waals surface area contributed by atoms with Crippen molar-refractivity contribution in [2.24, 2.45) is 0 Å². The Morgan fingerprint density at radius 1 is 1.53 bits per heavy atom. The summed E-state index contributed by atoms with van der Waals surface area (Å²) in [6, 6.07) is 5.07. The quantitative estimate of drug-likeness (QED) is 0.800. The van der Waals surface area contributed by atoms with E-state index in [0.29, 0.717) is 11.6 Å². The van der Waals surface area contributed by atoms with Gasteiger partial charge >= 0.3 is 5.97 Å². The summed E-state index contributed by atoms with van der Waals surface area (Å²) in [5.41, 5.74) is 1.55. The molecular weight excluding hydrogens is 245 g/mol. The second-order valence-electron chi connectivity index (χ2n) is 4.80. The van der Waals surface area contributed by atoms with Crippen LogP contribution in [-0.4, -0.2) is 23.7 Å². The summed E-state index contributed by atoms with van der Waals surface area (Å²) in [6.07, 6.45) is 5.83. The van der Waals surface area contributed by atoms with Crippen molar-refractivity contribution in [1.29, 1.82) is 0 Å². The lowest BCUT2D eigenvalue weighted by molar-refractivity contribution is -0.131. The molecular formula is C15H18FNO2. The number of nitrogens with zero attached hydrogens (tertiary/aromatic N) is 1. The molecule has 0 atom stereocenters. The van der Waals surface area contributed by atoms with Crippen molar-refractivity contribution < 1.29 is 14.3 Å². The normalized spacial score (nSPS) is 14.8. The molecule has 0 aliphatic heterocycles. The molecule has 1 aromatic rings. The van der Waals surface area contributed by atoms with E-state index in [4.69, 9.17) is 5.11 Å². The number of hydrogen-bond acceptors (Lipinski definition) is 2. The average Bonchev–Trinajstić information content (AvgIpc) is 3.18. The zero-order valence-electron chi connectivity index (χ0n) is 11.0.